The van der Waals surface area contributed by atoms with E-state index in [-0.39, 0.29) is 38.3 Å². The van der Waals surface area contributed by atoms with E-state index in [0.717, 1.165) is 38.5 Å². The van der Waals surface area contributed by atoms with Gasteiger partial charge in [0.15, 0.2) is 69.4 Å². The fourth-order valence-electron chi connectivity index (χ4n) is 10.9. The van der Waals surface area contributed by atoms with Crippen LogP contribution in [0.5, 0.6) is 0 Å². The predicted molar refractivity (Wildman–Crippen MR) is 342 cm³/mol. The zero-order chi connectivity index (χ0) is 68.1. The van der Waals surface area contributed by atoms with E-state index in [0.29, 0.717) is 45.9 Å². The number of aliphatic hydroxyl groups is 8. The van der Waals surface area contributed by atoms with Gasteiger partial charge in [-0.25, -0.2) is 19.9 Å². The van der Waals surface area contributed by atoms with Gasteiger partial charge in [-0.3, -0.25) is 32.0 Å². The Hall–Kier alpha value is -2.15. The topological polar surface area (TPSA) is 509 Å². The van der Waals surface area contributed by atoms with Gasteiger partial charge in [-0.15, -0.1) is 0 Å². The number of nitrogens with one attached hydrogen (secondary N) is 2. The van der Waals surface area contributed by atoms with Crippen LogP contribution in [0.3, 0.4) is 0 Å². The van der Waals surface area contributed by atoms with Crippen LogP contribution < -0.4 is 16.4 Å². The Balaban J connectivity index is 0.000000164. The van der Waals surface area contributed by atoms with Crippen molar-refractivity contribution in [1.82, 2.24) is 58.6 Å². The van der Waals surface area contributed by atoms with Crippen LogP contribution in [-0.2, 0) is 37.0 Å². The number of hydrogen-bond acceptors (Lipinski definition) is 28. The number of aliphatic hydroxyl groups excluding tert-OH is 8. The first-order valence-electron chi connectivity index (χ1n) is 28.5. The molecule has 12 rings (SSSR count). The molecule has 6 aliphatic rings. The van der Waals surface area contributed by atoms with Crippen molar-refractivity contribution < 1.29 is 92.5 Å². The standard InChI is InChI=1S/C16H24ClN5O9P2.C15H20ClN5O4.C10H10Cl2N4O4.C5H11N.CH2Cl4O2P2/c17-16-20-13(19-8-3-1-2-4-8)10-14(21-16)22(6-18-10)15-12(24)11(23)9(31-15)5-30-33(28,29)7-32(25,26)27;16-15-19-12(18-7-3-1-2-4-7)9-13(20-15)21(6-17-9)14-11(24)10(23)8(5-22)25-14;11-7-4-8(15-10(12)14-7)16(2-13-4)9-6(19)5(18)3(1-17)20-9;6-5-3-1-2-4-5;2-8(3,6)1-9(4,5)7/h6,8-9,11-12,15,23-24H,1-5,7H2,(H,28,29)(H,19,20,21)(H2,25,26,27);6-8,10-11,14,22-24H,1-5H2,(H,18,19,20);2-3,5-6,9,17-19H,1H2;5H,1-4,6H2;1H2/t9-,11-,12-,15-;8-,10-,11-,14-;3-,5-,6-,9-;;/m111../s1. The molecule has 3 saturated heterocycles. The van der Waals surface area contributed by atoms with Crippen molar-refractivity contribution in [2.45, 2.75) is 169 Å². The van der Waals surface area contributed by atoms with E-state index < -0.39 is 132 Å². The van der Waals surface area contributed by atoms with E-state index in [4.69, 9.17) is 131 Å². The highest BCUT2D eigenvalue weighted by atomic mass is 35.9. The minimum Gasteiger partial charge on any atom is -0.394 e. The van der Waals surface area contributed by atoms with Crippen molar-refractivity contribution in [2.24, 2.45) is 5.73 Å². The molecule has 0 spiro atoms. The number of hydrogen-bond donors (Lipinski definition) is 14. The normalized spacial score (nSPS) is 27.7. The molecule has 0 amide bonds. The maximum atomic E-state index is 11.9. The molecule has 0 radical (unpaired) electrons. The Morgan fingerprint density at radius 3 is 1.18 bits per heavy atom. The van der Waals surface area contributed by atoms with Crippen molar-refractivity contribution >= 4 is 163 Å². The van der Waals surface area contributed by atoms with Crippen LogP contribution in [0.1, 0.15) is 95.7 Å². The molecular weight excluding hydrogens is 1490 g/mol. The number of aromatic nitrogens is 12. The molecule has 15 N–H and O–H groups in total. The maximum absolute atomic E-state index is 11.9. The molecular formula is C47H67Cl8N15O19P4. The average Bonchev–Trinajstić information content (AvgIpc) is 1.64. The molecule has 6 aromatic heterocycles. The van der Waals surface area contributed by atoms with Crippen LogP contribution in [0.15, 0.2) is 19.0 Å². The van der Waals surface area contributed by atoms with E-state index in [1.165, 1.54) is 71.2 Å². The summed E-state index contributed by atoms with van der Waals surface area (Å²) in [6.45, 7) is -1.51. The SMILES string of the molecule is NC1CCCC1.O=P(Cl)(Cl)CP(=O)(Cl)Cl.O=P(O)(O)CP(=O)(O)OC[C@H]1O[C@@H](n2cnc3c(NC4CCCC4)nc(Cl)nc32)[C@H](O)[C@@H]1O.OC[C@H]1O[C@@H](n2cnc3c(Cl)nc(Cl)nc32)[C@H](O)[C@@H]1O.OC[C@H]1O[C@@H](n2cnc3c(NC4CCCC4)nc(Cl)nc32)[C@H](O)[C@@H]1O. The molecule has 520 valence electrons. The Morgan fingerprint density at radius 1 is 0.505 bits per heavy atom. The van der Waals surface area contributed by atoms with E-state index in [2.05, 4.69) is 55.5 Å². The summed E-state index contributed by atoms with van der Waals surface area (Å²) in [5.74, 6) is -7.68. The number of halogens is 8. The van der Waals surface area contributed by atoms with Crippen LogP contribution >= 0.6 is 118 Å². The molecule has 34 nitrogen and oxygen atoms in total. The molecule has 46 heteroatoms. The number of nitrogens with zero attached hydrogens (tertiary/aromatic N) is 12. The second-order valence-electron chi connectivity index (χ2n) is 22.3. The fourth-order valence-corrected chi connectivity index (χ4v) is 23.1. The van der Waals surface area contributed by atoms with Crippen LogP contribution in [0, 0.1) is 0 Å². The second-order valence-corrected chi connectivity index (χ2v) is 38.6. The van der Waals surface area contributed by atoms with Gasteiger partial charge in [0.25, 0.3) is 11.7 Å². The quantitative estimate of drug-likeness (QED) is 0.0293. The molecule has 0 aromatic carbocycles. The van der Waals surface area contributed by atoms with Gasteiger partial charge in [0, 0.05) is 18.1 Å². The summed E-state index contributed by atoms with van der Waals surface area (Å²) in [5.41, 5.74) is 7.65. The van der Waals surface area contributed by atoms with Crippen molar-refractivity contribution in [2.75, 3.05) is 42.3 Å². The van der Waals surface area contributed by atoms with Crippen LogP contribution in [0.2, 0.25) is 21.0 Å². The number of rotatable bonds is 16. The van der Waals surface area contributed by atoms with Gasteiger partial charge in [-0.05, 0) is 118 Å². The molecule has 3 aliphatic heterocycles. The number of nitrogens with two attached hydrogens (primary N) is 1. The van der Waals surface area contributed by atoms with E-state index in [1.807, 2.05) is 0 Å². The highest BCUT2D eigenvalue weighted by molar-refractivity contribution is 8.21. The number of imidazole rings is 3. The highest BCUT2D eigenvalue weighted by Crippen LogP contribution is 2.72. The van der Waals surface area contributed by atoms with E-state index in [1.54, 1.807) is 0 Å². The molecule has 3 saturated carbocycles. The van der Waals surface area contributed by atoms with E-state index >= 15 is 0 Å². The lowest BCUT2D eigenvalue weighted by atomic mass is 10.1. The van der Waals surface area contributed by atoms with Crippen molar-refractivity contribution in [3.63, 3.8) is 0 Å². The number of fused-ring (bicyclic) bond motifs is 3. The second kappa shape index (κ2) is 32.9. The lowest BCUT2D eigenvalue weighted by Crippen LogP contribution is -2.33. The van der Waals surface area contributed by atoms with Gasteiger partial charge in [-0.2, -0.15) is 24.9 Å². The summed E-state index contributed by atoms with van der Waals surface area (Å²) in [6, 6.07) is 1.10. The van der Waals surface area contributed by atoms with Gasteiger partial charge in [0.05, 0.1) is 38.8 Å². The van der Waals surface area contributed by atoms with Crippen LogP contribution in [0.25, 0.3) is 33.5 Å². The predicted octanol–water partition coefficient (Wildman–Crippen LogP) is 6.15. The summed E-state index contributed by atoms with van der Waals surface area (Å²) in [4.78, 5) is 64.6. The van der Waals surface area contributed by atoms with Crippen LogP contribution in [-0.4, -0.2) is 219 Å². The maximum Gasteiger partial charge on any atom is 0.340 e. The lowest BCUT2D eigenvalue weighted by molar-refractivity contribution is -0.0511. The molecule has 6 fully saturated rings. The minimum absolute atomic E-state index is 0.0569. The van der Waals surface area contributed by atoms with Gasteiger partial charge in [0.1, 0.15) is 66.4 Å². The third-order valence-electron chi connectivity index (χ3n) is 15.3. The zero-order valence-corrected chi connectivity index (χ0v) is 58.0. The van der Waals surface area contributed by atoms with Gasteiger partial charge in [0.2, 0.25) is 15.9 Å². The Kier molecular flexibility index (Phi) is 27.1. The average molecular weight is 1550 g/mol. The zero-order valence-electron chi connectivity index (χ0n) is 48.4. The Bertz CT molecular complexity index is 3680. The molecule has 9 heterocycles. The molecule has 13 atom stereocenters. The smallest absolute Gasteiger partial charge is 0.340 e. The third kappa shape index (κ3) is 20.5. The van der Waals surface area contributed by atoms with Crippen molar-refractivity contribution in [3.05, 3.63) is 40.0 Å². The minimum atomic E-state index is -4.81. The molecule has 0 bridgehead atoms. The lowest BCUT2D eigenvalue weighted by Gasteiger charge is -2.18. The number of anilines is 2. The van der Waals surface area contributed by atoms with Gasteiger partial charge < -0.3 is 90.6 Å². The molecule has 1 unspecified atom stereocenters. The number of ether oxygens (including phenoxy) is 3. The summed E-state index contributed by atoms with van der Waals surface area (Å²) in [7, 11) is -9.47. The highest BCUT2D eigenvalue weighted by Gasteiger charge is 2.48. The first-order valence-corrected chi connectivity index (χ1v) is 41.0. The summed E-state index contributed by atoms with van der Waals surface area (Å²) >= 11 is 43.8. The van der Waals surface area contributed by atoms with Crippen LogP contribution in [0.4, 0.5) is 11.6 Å². The van der Waals surface area contributed by atoms with Gasteiger partial charge >= 0.3 is 15.2 Å². The van der Waals surface area contributed by atoms with Crippen molar-refractivity contribution in [1.29, 1.82) is 0 Å². The first kappa shape index (κ1) is 76.6. The van der Waals surface area contributed by atoms with Crippen molar-refractivity contribution in [3.8, 4) is 0 Å². The molecule has 3 aliphatic carbocycles. The Labute approximate surface area is 567 Å². The molecule has 93 heavy (non-hydrogen) atoms. The summed E-state index contributed by atoms with van der Waals surface area (Å²) < 4.78 is 69.2. The monoisotopic (exact) mass is 1550 g/mol. The summed E-state index contributed by atoms with van der Waals surface area (Å²) in [6.07, 6.45) is 4.11. The molecule has 6 aromatic rings. The fraction of sp³-hybridized carbons (Fsp3) is 0.681. The Morgan fingerprint density at radius 2 is 0.849 bits per heavy atom. The van der Waals surface area contributed by atoms with E-state index in [9.17, 15) is 58.9 Å². The summed E-state index contributed by atoms with van der Waals surface area (Å²) in [5, 5.41) is 85.8. The van der Waals surface area contributed by atoms with Gasteiger partial charge in [-0.1, -0.05) is 50.1 Å². The largest absolute Gasteiger partial charge is 0.394 e. The third-order valence-corrected chi connectivity index (χ3v) is 26.0. The first-order chi connectivity index (χ1) is 43.6.